The second-order valence-electron chi connectivity index (χ2n) is 7.38. The number of benzene rings is 1. The highest BCUT2D eigenvalue weighted by atomic mass is 35.5. The van der Waals surface area contributed by atoms with Gasteiger partial charge in [-0.25, -0.2) is 13.4 Å². The number of aromatic nitrogens is 2. The van der Waals surface area contributed by atoms with E-state index in [0.717, 1.165) is 33.7 Å². The Bertz CT molecular complexity index is 1140. The lowest BCUT2D eigenvalue weighted by atomic mass is 10.1. The lowest BCUT2D eigenvalue weighted by Crippen LogP contribution is -2.44. The molecule has 4 rings (SSSR count). The average Bonchev–Trinajstić information content (AvgIpc) is 3.11. The van der Waals surface area contributed by atoms with Crippen LogP contribution in [0.1, 0.15) is 20.8 Å². The van der Waals surface area contributed by atoms with Crippen LogP contribution in [0.25, 0.3) is 21.3 Å². The minimum atomic E-state index is -3.30. The summed E-state index contributed by atoms with van der Waals surface area (Å²) in [5.74, 6) is 0.825. The normalized spacial score (nSPS) is 18.0. The molecule has 0 unspecified atom stereocenters. The Kier molecular flexibility index (Phi) is 5.54. The van der Waals surface area contributed by atoms with Gasteiger partial charge in [0.05, 0.1) is 39.6 Å². The molecule has 9 heteroatoms. The topological polar surface area (TPSA) is 72.4 Å². The summed E-state index contributed by atoms with van der Waals surface area (Å²) in [4.78, 5) is 11.5. The molecule has 6 nitrogen and oxygen atoms in total. The number of nitrogens with zero attached hydrogens (tertiary/aromatic N) is 3. The van der Waals surface area contributed by atoms with Gasteiger partial charge in [0.2, 0.25) is 5.28 Å². The fraction of sp³-hybridized carbons (Fsp3) is 0.400. The number of hydrogen-bond donors (Lipinski definition) is 0. The smallest absolute Gasteiger partial charge is 0.224 e. The van der Waals surface area contributed by atoms with Gasteiger partial charge in [0, 0.05) is 17.5 Å². The lowest BCUT2D eigenvalue weighted by Gasteiger charge is -2.34. The van der Waals surface area contributed by atoms with Crippen molar-refractivity contribution in [3.63, 3.8) is 0 Å². The SMILES string of the molecule is CC(C)S(=O)(=O)c1ccc(-c2csc3c(N4CCOC[C@H]4C)nc(Cl)nc23)cc1. The van der Waals surface area contributed by atoms with Crippen LogP contribution < -0.4 is 4.90 Å². The molecule has 1 fully saturated rings. The number of morpholine rings is 1. The third-order valence-corrected chi connectivity index (χ3v) is 8.43. The van der Waals surface area contributed by atoms with Crippen LogP contribution in [0.3, 0.4) is 0 Å². The summed E-state index contributed by atoms with van der Waals surface area (Å²) in [6, 6.07) is 7.15. The van der Waals surface area contributed by atoms with Crippen molar-refractivity contribution in [1.29, 1.82) is 0 Å². The monoisotopic (exact) mass is 451 g/mol. The summed E-state index contributed by atoms with van der Waals surface area (Å²) in [6.45, 7) is 7.51. The Morgan fingerprint density at radius 1 is 1.24 bits per heavy atom. The van der Waals surface area contributed by atoms with Crippen LogP contribution in [0.15, 0.2) is 34.5 Å². The third-order valence-electron chi connectivity index (χ3n) is 5.12. The molecular formula is C20H22ClN3O3S2. The molecule has 3 aromatic rings. The maximum absolute atomic E-state index is 12.4. The van der Waals surface area contributed by atoms with Gasteiger partial charge in [-0.2, -0.15) is 4.98 Å². The molecule has 0 radical (unpaired) electrons. The van der Waals surface area contributed by atoms with Gasteiger partial charge in [0.1, 0.15) is 0 Å². The van der Waals surface area contributed by atoms with Gasteiger partial charge in [-0.3, -0.25) is 0 Å². The maximum Gasteiger partial charge on any atom is 0.224 e. The van der Waals surface area contributed by atoms with Crippen LogP contribution in [-0.2, 0) is 14.6 Å². The molecule has 0 aliphatic carbocycles. The van der Waals surface area contributed by atoms with E-state index in [9.17, 15) is 8.42 Å². The van der Waals surface area contributed by atoms with E-state index < -0.39 is 15.1 Å². The molecule has 154 valence electrons. The van der Waals surface area contributed by atoms with Gasteiger partial charge in [-0.1, -0.05) is 12.1 Å². The minimum absolute atomic E-state index is 0.198. The summed E-state index contributed by atoms with van der Waals surface area (Å²) in [5, 5.41) is 1.76. The largest absolute Gasteiger partial charge is 0.377 e. The van der Waals surface area contributed by atoms with Crippen LogP contribution >= 0.6 is 22.9 Å². The van der Waals surface area contributed by atoms with Crippen molar-refractivity contribution in [2.75, 3.05) is 24.7 Å². The van der Waals surface area contributed by atoms with E-state index in [1.54, 1.807) is 37.3 Å². The van der Waals surface area contributed by atoms with Gasteiger partial charge in [-0.15, -0.1) is 11.3 Å². The molecule has 3 heterocycles. The van der Waals surface area contributed by atoms with Gasteiger partial charge >= 0.3 is 0 Å². The second kappa shape index (κ2) is 7.83. The van der Waals surface area contributed by atoms with E-state index in [4.69, 9.17) is 16.3 Å². The molecule has 0 amide bonds. The van der Waals surface area contributed by atoms with Crippen molar-refractivity contribution in [3.05, 3.63) is 34.9 Å². The number of rotatable bonds is 4. The molecule has 0 spiro atoms. The first-order chi connectivity index (χ1) is 13.8. The Hall–Kier alpha value is -1.74. The van der Waals surface area contributed by atoms with Crippen molar-refractivity contribution >= 4 is 48.8 Å². The second-order valence-corrected chi connectivity index (χ2v) is 11.1. The standard InChI is InChI=1S/C20H22ClN3O3S2/c1-12(2)29(25,26)15-6-4-14(5-7-15)16-11-28-18-17(16)22-20(21)23-19(18)24-8-9-27-10-13(24)3/h4-7,11-13H,8-10H2,1-3H3/t13-/m1/s1. The van der Waals surface area contributed by atoms with Crippen molar-refractivity contribution < 1.29 is 13.2 Å². The van der Waals surface area contributed by atoms with E-state index in [2.05, 4.69) is 21.8 Å². The fourth-order valence-electron chi connectivity index (χ4n) is 3.41. The van der Waals surface area contributed by atoms with Crippen LogP contribution in [0, 0.1) is 0 Å². The van der Waals surface area contributed by atoms with Crippen molar-refractivity contribution in [2.45, 2.75) is 37.0 Å². The Morgan fingerprint density at radius 3 is 2.62 bits per heavy atom. The highest BCUT2D eigenvalue weighted by molar-refractivity contribution is 7.92. The predicted molar refractivity (Wildman–Crippen MR) is 118 cm³/mol. The van der Waals surface area contributed by atoms with Crippen LogP contribution in [0.5, 0.6) is 0 Å². The maximum atomic E-state index is 12.4. The zero-order chi connectivity index (χ0) is 20.8. The molecule has 1 aromatic carbocycles. The van der Waals surface area contributed by atoms with Crippen LogP contribution in [0.4, 0.5) is 5.82 Å². The summed E-state index contributed by atoms with van der Waals surface area (Å²) in [6.07, 6.45) is 0. The Labute approximate surface area is 179 Å². The summed E-state index contributed by atoms with van der Waals surface area (Å²) >= 11 is 7.84. The predicted octanol–water partition coefficient (Wildman–Crippen LogP) is 4.42. The molecule has 1 aliphatic rings. The highest BCUT2D eigenvalue weighted by Gasteiger charge is 2.25. The first-order valence-corrected chi connectivity index (χ1v) is 12.2. The molecule has 0 saturated carbocycles. The molecule has 1 aliphatic heterocycles. The van der Waals surface area contributed by atoms with Gasteiger partial charge in [-0.05, 0) is 50.1 Å². The van der Waals surface area contributed by atoms with E-state index >= 15 is 0 Å². The molecule has 1 saturated heterocycles. The molecule has 29 heavy (non-hydrogen) atoms. The Balaban J connectivity index is 1.78. The first kappa shape index (κ1) is 20.5. The van der Waals surface area contributed by atoms with Crippen LogP contribution in [-0.4, -0.2) is 49.4 Å². The zero-order valence-electron chi connectivity index (χ0n) is 16.4. The third kappa shape index (κ3) is 3.74. The molecule has 0 bridgehead atoms. The number of hydrogen-bond acceptors (Lipinski definition) is 7. The number of halogens is 1. The quantitative estimate of drug-likeness (QED) is 0.547. The number of anilines is 1. The zero-order valence-corrected chi connectivity index (χ0v) is 18.8. The van der Waals surface area contributed by atoms with Crippen molar-refractivity contribution in [3.8, 4) is 11.1 Å². The van der Waals surface area contributed by atoms with E-state index in [-0.39, 0.29) is 11.3 Å². The van der Waals surface area contributed by atoms with Crippen molar-refractivity contribution in [2.24, 2.45) is 0 Å². The molecule has 2 aromatic heterocycles. The van der Waals surface area contributed by atoms with E-state index in [0.29, 0.717) is 18.1 Å². The van der Waals surface area contributed by atoms with Gasteiger partial charge < -0.3 is 9.64 Å². The van der Waals surface area contributed by atoms with Gasteiger partial charge in [0.15, 0.2) is 15.7 Å². The summed E-state index contributed by atoms with van der Waals surface area (Å²) in [5.41, 5.74) is 2.60. The molecule has 0 N–H and O–H groups in total. The van der Waals surface area contributed by atoms with E-state index in [1.165, 1.54) is 0 Å². The number of fused-ring (bicyclic) bond motifs is 1. The first-order valence-electron chi connectivity index (χ1n) is 9.42. The number of thiophene rings is 1. The van der Waals surface area contributed by atoms with Gasteiger partial charge in [0.25, 0.3) is 0 Å². The molecule has 1 atom stereocenters. The highest BCUT2D eigenvalue weighted by Crippen LogP contribution is 2.39. The Morgan fingerprint density at radius 2 is 1.97 bits per heavy atom. The summed E-state index contributed by atoms with van der Waals surface area (Å²) in [7, 11) is -3.30. The molecular weight excluding hydrogens is 430 g/mol. The van der Waals surface area contributed by atoms with Crippen LogP contribution in [0.2, 0.25) is 5.28 Å². The summed E-state index contributed by atoms with van der Waals surface area (Å²) < 4.78 is 31.3. The fourth-order valence-corrected chi connectivity index (χ4v) is 5.66. The average molecular weight is 452 g/mol. The van der Waals surface area contributed by atoms with Crippen molar-refractivity contribution in [1.82, 2.24) is 9.97 Å². The lowest BCUT2D eigenvalue weighted by molar-refractivity contribution is 0.0987. The van der Waals surface area contributed by atoms with E-state index in [1.807, 2.05) is 17.5 Å². The number of sulfone groups is 1. The number of ether oxygens (including phenoxy) is 1. The minimum Gasteiger partial charge on any atom is -0.377 e.